The molecule has 0 saturated carbocycles. The van der Waals surface area contributed by atoms with Crippen molar-refractivity contribution in [2.24, 2.45) is 0 Å². The van der Waals surface area contributed by atoms with E-state index in [-0.39, 0.29) is 5.92 Å². The normalized spacial score (nSPS) is 10.8. The van der Waals surface area contributed by atoms with Gasteiger partial charge in [-0.2, -0.15) is 0 Å². The monoisotopic (exact) mass is 228 g/mol. The average molecular weight is 228 g/mol. The van der Waals surface area contributed by atoms with Crippen molar-refractivity contribution in [3.05, 3.63) is 35.9 Å². The summed E-state index contributed by atoms with van der Waals surface area (Å²) in [7, 11) is 0. The molecule has 4 heteroatoms. The SMILES string of the molecule is Cc1cncc(-c2cnc(N)c(C(C)C)n2)c1. The Morgan fingerprint density at radius 2 is 1.94 bits per heavy atom. The van der Waals surface area contributed by atoms with E-state index in [1.54, 1.807) is 12.4 Å². The minimum absolute atomic E-state index is 0.264. The van der Waals surface area contributed by atoms with Crippen LogP contribution in [0.2, 0.25) is 0 Å². The van der Waals surface area contributed by atoms with Gasteiger partial charge >= 0.3 is 0 Å². The number of rotatable bonds is 2. The number of hydrogen-bond acceptors (Lipinski definition) is 4. The first-order chi connectivity index (χ1) is 8.08. The molecule has 2 N–H and O–H groups in total. The molecular formula is C13H16N4. The maximum absolute atomic E-state index is 5.81. The van der Waals surface area contributed by atoms with Crippen LogP contribution in [0.15, 0.2) is 24.7 Å². The first kappa shape index (κ1) is 11.5. The van der Waals surface area contributed by atoms with E-state index in [1.807, 2.05) is 19.2 Å². The summed E-state index contributed by atoms with van der Waals surface area (Å²) in [5, 5.41) is 0. The Hall–Kier alpha value is -1.97. The standard InChI is InChI=1S/C13H16N4/c1-8(2)12-13(14)16-7-11(17-12)10-4-9(3)5-15-6-10/h4-8H,1-3H3,(H2,14,16). The van der Waals surface area contributed by atoms with E-state index in [9.17, 15) is 0 Å². The van der Waals surface area contributed by atoms with Crippen LogP contribution in [0.1, 0.15) is 31.0 Å². The van der Waals surface area contributed by atoms with Gasteiger partial charge in [0.1, 0.15) is 5.82 Å². The lowest BCUT2D eigenvalue weighted by Gasteiger charge is -2.09. The smallest absolute Gasteiger partial charge is 0.145 e. The Labute approximate surface area is 101 Å². The molecule has 2 rings (SSSR count). The molecule has 0 unspecified atom stereocenters. The van der Waals surface area contributed by atoms with Crippen LogP contribution in [0, 0.1) is 6.92 Å². The number of pyridine rings is 1. The molecule has 0 amide bonds. The van der Waals surface area contributed by atoms with E-state index in [4.69, 9.17) is 5.73 Å². The predicted octanol–water partition coefficient (Wildman–Crippen LogP) is 2.55. The first-order valence-corrected chi connectivity index (χ1v) is 5.62. The fourth-order valence-electron chi connectivity index (χ4n) is 1.67. The van der Waals surface area contributed by atoms with Crippen molar-refractivity contribution in [3.8, 4) is 11.3 Å². The minimum Gasteiger partial charge on any atom is -0.382 e. The lowest BCUT2D eigenvalue weighted by molar-refractivity contribution is 0.819. The van der Waals surface area contributed by atoms with Gasteiger partial charge in [0.2, 0.25) is 0 Å². The Morgan fingerprint density at radius 3 is 2.59 bits per heavy atom. The largest absolute Gasteiger partial charge is 0.382 e. The van der Waals surface area contributed by atoms with Crippen LogP contribution in [0.25, 0.3) is 11.3 Å². The van der Waals surface area contributed by atoms with Crippen LogP contribution < -0.4 is 5.73 Å². The van der Waals surface area contributed by atoms with Gasteiger partial charge in [0.25, 0.3) is 0 Å². The van der Waals surface area contributed by atoms with Crippen LogP contribution in [0.5, 0.6) is 0 Å². The highest BCUT2D eigenvalue weighted by Gasteiger charge is 2.10. The van der Waals surface area contributed by atoms with Gasteiger partial charge < -0.3 is 5.73 Å². The zero-order valence-electron chi connectivity index (χ0n) is 10.3. The molecule has 0 spiro atoms. The lowest BCUT2D eigenvalue weighted by Crippen LogP contribution is -2.04. The van der Waals surface area contributed by atoms with Gasteiger partial charge in [-0.1, -0.05) is 13.8 Å². The van der Waals surface area contributed by atoms with Crippen molar-refractivity contribution in [1.29, 1.82) is 0 Å². The maximum atomic E-state index is 5.81. The molecule has 0 radical (unpaired) electrons. The topological polar surface area (TPSA) is 64.7 Å². The third kappa shape index (κ3) is 2.41. The number of nitrogen functional groups attached to an aromatic ring is 1. The molecule has 0 atom stereocenters. The van der Waals surface area contributed by atoms with E-state index in [2.05, 4.69) is 28.8 Å². The van der Waals surface area contributed by atoms with Crippen molar-refractivity contribution in [2.45, 2.75) is 26.7 Å². The third-order valence-electron chi connectivity index (χ3n) is 2.55. The molecule has 17 heavy (non-hydrogen) atoms. The average Bonchev–Trinajstić information content (AvgIpc) is 2.29. The summed E-state index contributed by atoms with van der Waals surface area (Å²) in [5.74, 6) is 0.768. The summed E-state index contributed by atoms with van der Waals surface area (Å²) in [6.07, 6.45) is 5.30. The Bertz CT molecular complexity index is 535. The molecule has 2 aromatic heterocycles. The van der Waals surface area contributed by atoms with Crippen molar-refractivity contribution in [1.82, 2.24) is 15.0 Å². The van der Waals surface area contributed by atoms with E-state index in [1.165, 1.54) is 0 Å². The molecule has 0 saturated heterocycles. The summed E-state index contributed by atoms with van der Waals surface area (Å²) in [6, 6.07) is 2.04. The third-order valence-corrected chi connectivity index (χ3v) is 2.55. The van der Waals surface area contributed by atoms with E-state index < -0.39 is 0 Å². The van der Waals surface area contributed by atoms with Gasteiger partial charge in [0, 0.05) is 18.0 Å². The summed E-state index contributed by atoms with van der Waals surface area (Å²) in [6.45, 7) is 6.11. The number of aromatic nitrogens is 3. The second-order valence-electron chi connectivity index (χ2n) is 4.43. The molecule has 0 fully saturated rings. The van der Waals surface area contributed by atoms with E-state index in [0.29, 0.717) is 5.82 Å². The van der Waals surface area contributed by atoms with Crippen LogP contribution in [0.4, 0.5) is 5.82 Å². The van der Waals surface area contributed by atoms with Crippen molar-refractivity contribution in [2.75, 3.05) is 5.73 Å². The minimum atomic E-state index is 0.264. The first-order valence-electron chi connectivity index (χ1n) is 5.62. The van der Waals surface area contributed by atoms with Gasteiger partial charge in [-0.05, 0) is 24.5 Å². The molecule has 2 aromatic rings. The van der Waals surface area contributed by atoms with Gasteiger partial charge in [0.15, 0.2) is 0 Å². The summed E-state index contributed by atoms with van der Waals surface area (Å²) in [5.41, 5.74) is 9.54. The molecule has 0 aliphatic rings. The summed E-state index contributed by atoms with van der Waals surface area (Å²) < 4.78 is 0. The fourth-order valence-corrected chi connectivity index (χ4v) is 1.67. The van der Waals surface area contributed by atoms with Crippen molar-refractivity contribution in [3.63, 3.8) is 0 Å². The zero-order valence-corrected chi connectivity index (χ0v) is 10.3. The van der Waals surface area contributed by atoms with Gasteiger partial charge in [-0.25, -0.2) is 9.97 Å². The van der Waals surface area contributed by atoms with Crippen LogP contribution in [-0.2, 0) is 0 Å². The molecule has 0 aliphatic heterocycles. The maximum Gasteiger partial charge on any atom is 0.145 e. The van der Waals surface area contributed by atoms with Crippen molar-refractivity contribution < 1.29 is 0 Å². The number of nitrogens with zero attached hydrogens (tertiary/aromatic N) is 3. The second kappa shape index (κ2) is 4.49. The Kier molecular flexibility index (Phi) is 3.04. The second-order valence-corrected chi connectivity index (χ2v) is 4.43. The molecule has 0 aromatic carbocycles. The van der Waals surface area contributed by atoms with Crippen molar-refractivity contribution >= 4 is 5.82 Å². The Morgan fingerprint density at radius 1 is 1.18 bits per heavy atom. The van der Waals surface area contributed by atoms with E-state index >= 15 is 0 Å². The van der Waals surface area contributed by atoms with Gasteiger partial charge in [-0.3, -0.25) is 4.98 Å². The number of hydrogen-bond donors (Lipinski definition) is 1. The molecule has 88 valence electrons. The Balaban J connectivity index is 2.50. The highest BCUT2D eigenvalue weighted by Crippen LogP contribution is 2.22. The summed E-state index contributed by atoms with van der Waals surface area (Å²) >= 11 is 0. The van der Waals surface area contributed by atoms with Gasteiger partial charge in [-0.15, -0.1) is 0 Å². The molecule has 0 bridgehead atoms. The van der Waals surface area contributed by atoms with Crippen LogP contribution in [0.3, 0.4) is 0 Å². The van der Waals surface area contributed by atoms with Crippen LogP contribution in [-0.4, -0.2) is 15.0 Å². The number of anilines is 1. The zero-order chi connectivity index (χ0) is 12.4. The quantitative estimate of drug-likeness (QED) is 0.857. The molecule has 0 aliphatic carbocycles. The predicted molar refractivity (Wildman–Crippen MR) is 68.5 cm³/mol. The molecule has 4 nitrogen and oxygen atoms in total. The molecule has 2 heterocycles. The fraction of sp³-hybridized carbons (Fsp3) is 0.308. The lowest BCUT2D eigenvalue weighted by atomic mass is 10.1. The highest BCUT2D eigenvalue weighted by molar-refractivity contribution is 5.59. The summed E-state index contributed by atoms with van der Waals surface area (Å²) in [4.78, 5) is 12.9. The molecular weight excluding hydrogens is 212 g/mol. The number of aryl methyl sites for hydroxylation is 1. The number of nitrogens with two attached hydrogens (primary N) is 1. The van der Waals surface area contributed by atoms with Gasteiger partial charge in [0.05, 0.1) is 17.6 Å². The highest BCUT2D eigenvalue weighted by atomic mass is 14.9. The van der Waals surface area contributed by atoms with Crippen LogP contribution >= 0.6 is 0 Å². The van der Waals surface area contributed by atoms with E-state index in [0.717, 1.165) is 22.5 Å².